The zero-order valence-electron chi connectivity index (χ0n) is 18.5. The highest BCUT2D eigenvalue weighted by Gasteiger charge is 2.25. The normalized spacial score (nSPS) is 12.0. The molecule has 0 spiro atoms. The topological polar surface area (TPSA) is 107 Å². The average Bonchev–Trinajstić information content (AvgIpc) is 2.83. The number of carbonyl (C=O) groups excluding carboxylic acids is 1. The summed E-state index contributed by atoms with van der Waals surface area (Å²) in [6.45, 7) is 0.825. The van der Waals surface area contributed by atoms with E-state index in [2.05, 4.69) is 24.7 Å². The van der Waals surface area contributed by atoms with Crippen LogP contribution in [0, 0.1) is 6.92 Å². The van der Waals surface area contributed by atoms with E-state index in [1.165, 1.54) is 18.3 Å². The van der Waals surface area contributed by atoms with Gasteiger partial charge in [-0.05, 0) is 61.9 Å². The Morgan fingerprint density at radius 3 is 2.56 bits per heavy atom. The fourth-order valence-corrected chi connectivity index (χ4v) is 3.50. The molecular weight excluding hydrogens is 442 g/mol. The highest BCUT2D eigenvalue weighted by molar-refractivity contribution is 5.98. The van der Waals surface area contributed by atoms with Crippen molar-refractivity contribution >= 4 is 22.6 Å². The Morgan fingerprint density at radius 1 is 1.12 bits per heavy atom. The average molecular weight is 464 g/mol. The Kier molecular flexibility index (Phi) is 6.58. The van der Waals surface area contributed by atoms with Crippen molar-refractivity contribution in [1.29, 1.82) is 0 Å². The smallest absolute Gasteiger partial charge is 0.387 e. The van der Waals surface area contributed by atoms with E-state index in [0.717, 1.165) is 10.9 Å². The summed E-state index contributed by atoms with van der Waals surface area (Å²) in [6.07, 6.45) is 4.40. The molecule has 174 valence electrons. The van der Waals surface area contributed by atoms with Crippen LogP contribution in [0.3, 0.4) is 0 Å². The van der Waals surface area contributed by atoms with Gasteiger partial charge in [-0.3, -0.25) is 9.78 Å². The van der Waals surface area contributed by atoms with Crippen molar-refractivity contribution in [3.63, 3.8) is 0 Å². The van der Waals surface area contributed by atoms with Crippen molar-refractivity contribution in [2.24, 2.45) is 0 Å². The molecule has 3 aromatic heterocycles. The predicted octanol–water partition coefficient (Wildman–Crippen LogP) is 4.32. The van der Waals surface area contributed by atoms with Gasteiger partial charge in [0, 0.05) is 23.3 Å². The summed E-state index contributed by atoms with van der Waals surface area (Å²) in [4.78, 5) is 32.3. The van der Waals surface area contributed by atoms with Crippen molar-refractivity contribution in [2.45, 2.75) is 33.0 Å². The molecule has 0 fully saturated rings. The molecule has 1 amide bonds. The number of alkyl halides is 2. The lowest BCUT2D eigenvalue weighted by Gasteiger charge is -2.28. The highest BCUT2D eigenvalue weighted by Crippen LogP contribution is 2.25. The molecule has 3 heterocycles. The molecule has 1 atom stereocenters. The van der Waals surface area contributed by atoms with Crippen LogP contribution in [0.4, 0.5) is 14.6 Å². The van der Waals surface area contributed by atoms with Gasteiger partial charge < -0.3 is 15.4 Å². The SMILES string of the molecule is Cc1cc2cc(C(=O)N(Cc3ccc(OC(F)F)cn3)[C@H](C)c3ncccn3)ccc2nc1N. The van der Waals surface area contributed by atoms with E-state index in [4.69, 9.17) is 5.73 Å². The number of hydrogen-bond donors (Lipinski definition) is 1. The second-order valence-corrected chi connectivity index (χ2v) is 7.68. The highest BCUT2D eigenvalue weighted by atomic mass is 19.3. The van der Waals surface area contributed by atoms with Crippen molar-refractivity contribution in [1.82, 2.24) is 24.8 Å². The van der Waals surface area contributed by atoms with Crippen molar-refractivity contribution < 1.29 is 18.3 Å². The van der Waals surface area contributed by atoms with Gasteiger partial charge in [0.2, 0.25) is 0 Å². The number of anilines is 1. The molecule has 34 heavy (non-hydrogen) atoms. The van der Waals surface area contributed by atoms with Crippen LogP contribution in [0.15, 0.2) is 61.1 Å². The molecule has 4 rings (SSSR count). The first-order valence-corrected chi connectivity index (χ1v) is 10.5. The van der Waals surface area contributed by atoms with Crippen LogP contribution in [-0.2, 0) is 6.54 Å². The maximum absolute atomic E-state index is 13.6. The van der Waals surface area contributed by atoms with Crippen molar-refractivity contribution in [2.75, 3.05) is 5.73 Å². The quantitative estimate of drug-likeness (QED) is 0.434. The van der Waals surface area contributed by atoms with Gasteiger partial charge in [-0.25, -0.2) is 15.0 Å². The van der Waals surface area contributed by atoms with Gasteiger partial charge in [-0.2, -0.15) is 8.78 Å². The van der Waals surface area contributed by atoms with E-state index in [-0.39, 0.29) is 18.2 Å². The first kappa shape index (κ1) is 23.0. The van der Waals surface area contributed by atoms with Crippen molar-refractivity contribution in [3.05, 3.63) is 83.7 Å². The van der Waals surface area contributed by atoms with Crippen LogP contribution in [0.2, 0.25) is 0 Å². The van der Waals surface area contributed by atoms with Gasteiger partial charge in [-0.15, -0.1) is 0 Å². The van der Waals surface area contributed by atoms with Crippen molar-refractivity contribution in [3.8, 4) is 5.75 Å². The third-order valence-corrected chi connectivity index (χ3v) is 5.33. The van der Waals surface area contributed by atoms with E-state index in [1.807, 2.05) is 19.9 Å². The fourth-order valence-electron chi connectivity index (χ4n) is 3.50. The lowest BCUT2D eigenvalue weighted by Crippen LogP contribution is -2.34. The number of fused-ring (bicyclic) bond motifs is 1. The number of aryl methyl sites for hydroxylation is 1. The largest absolute Gasteiger partial charge is 0.433 e. The summed E-state index contributed by atoms with van der Waals surface area (Å²) < 4.78 is 29.3. The Morgan fingerprint density at radius 2 is 1.88 bits per heavy atom. The summed E-state index contributed by atoms with van der Waals surface area (Å²) in [5, 5.41) is 0.785. The monoisotopic (exact) mass is 464 g/mol. The number of ether oxygens (including phenoxy) is 1. The van der Waals surface area contributed by atoms with Gasteiger partial charge in [-0.1, -0.05) is 0 Å². The Labute approximate surface area is 194 Å². The summed E-state index contributed by atoms with van der Waals surface area (Å²) in [6, 6.07) is 11.2. The summed E-state index contributed by atoms with van der Waals surface area (Å²) in [5.74, 6) is 0.562. The second-order valence-electron chi connectivity index (χ2n) is 7.68. The minimum absolute atomic E-state index is 0.0623. The lowest BCUT2D eigenvalue weighted by molar-refractivity contribution is -0.0501. The Balaban J connectivity index is 1.68. The number of aromatic nitrogens is 4. The number of nitrogen functional groups attached to an aromatic ring is 1. The lowest BCUT2D eigenvalue weighted by atomic mass is 10.1. The third-order valence-electron chi connectivity index (χ3n) is 5.33. The molecule has 0 aliphatic heterocycles. The van der Waals surface area contributed by atoms with Gasteiger partial charge in [0.05, 0.1) is 30.0 Å². The van der Waals surface area contributed by atoms with Gasteiger partial charge in [0.15, 0.2) is 0 Å². The predicted molar refractivity (Wildman–Crippen MR) is 122 cm³/mol. The minimum Gasteiger partial charge on any atom is -0.433 e. The molecule has 4 aromatic rings. The maximum Gasteiger partial charge on any atom is 0.387 e. The molecule has 0 unspecified atom stereocenters. The Bertz CT molecular complexity index is 1300. The zero-order valence-corrected chi connectivity index (χ0v) is 18.5. The van der Waals surface area contributed by atoms with E-state index in [0.29, 0.717) is 28.4 Å². The number of nitrogens with two attached hydrogens (primary N) is 1. The van der Waals surface area contributed by atoms with E-state index < -0.39 is 12.7 Å². The summed E-state index contributed by atoms with van der Waals surface area (Å²) in [5.41, 5.74) is 8.33. The van der Waals surface area contributed by atoms with Crippen LogP contribution in [-0.4, -0.2) is 37.4 Å². The number of hydrogen-bond acceptors (Lipinski definition) is 7. The molecular formula is C24H22F2N6O2. The molecule has 10 heteroatoms. The molecule has 0 saturated heterocycles. The number of halogens is 2. The van der Waals surface area contributed by atoms with Crippen LogP contribution >= 0.6 is 0 Å². The van der Waals surface area contributed by atoms with Crippen LogP contribution < -0.4 is 10.5 Å². The number of rotatable bonds is 7. The molecule has 2 N–H and O–H groups in total. The molecule has 0 bridgehead atoms. The molecule has 8 nitrogen and oxygen atoms in total. The molecule has 0 saturated carbocycles. The van der Waals surface area contributed by atoms with Crippen LogP contribution in [0.1, 0.15) is 40.4 Å². The minimum atomic E-state index is -2.94. The summed E-state index contributed by atoms with van der Waals surface area (Å²) in [7, 11) is 0. The molecule has 0 aliphatic carbocycles. The number of nitrogens with zero attached hydrogens (tertiary/aromatic N) is 5. The van der Waals surface area contributed by atoms with E-state index in [1.54, 1.807) is 41.6 Å². The fraction of sp³-hybridized carbons (Fsp3) is 0.208. The number of amides is 1. The Hall–Kier alpha value is -4.21. The van der Waals surface area contributed by atoms with Gasteiger partial charge in [0.1, 0.15) is 17.4 Å². The first-order chi connectivity index (χ1) is 16.3. The van der Waals surface area contributed by atoms with Crippen LogP contribution in [0.25, 0.3) is 10.9 Å². The molecule has 0 radical (unpaired) electrons. The van der Waals surface area contributed by atoms with E-state index in [9.17, 15) is 13.6 Å². The number of benzene rings is 1. The zero-order chi connectivity index (χ0) is 24.2. The first-order valence-electron chi connectivity index (χ1n) is 10.5. The number of carbonyl (C=O) groups is 1. The second kappa shape index (κ2) is 9.74. The molecule has 1 aromatic carbocycles. The maximum atomic E-state index is 13.6. The third kappa shape index (κ3) is 5.06. The van der Waals surface area contributed by atoms with E-state index >= 15 is 0 Å². The van der Waals surface area contributed by atoms with Gasteiger partial charge >= 0.3 is 6.61 Å². The molecule has 0 aliphatic rings. The van der Waals surface area contributed by atoms with Crippen LogP contribution in [0.5, 0.6) is 5.75 Å². The number of pyridine rings is 2. The standard InChI is InChI=1S/C24H22F2N6O2/c1-14-10-17-11-16(4-7-20(17)31-21(14)27)23(33)32(15(2)22-28-8-3-9-29-22)13-18-5-6-19(12-30-18)34-24(25)26/h3-12,15,24H,13H2,1-2H3,(H2,27,31)/t15-/m1/s1. The summed E-state index contributed by atoms with van der Waals surface area (Å²) >= 11 is 0. The van der Waals surface area contributed by atoms with Gasteiger partial charge in [0.25, 0.3) is 5.91 Å².